The molecule has 0 aromatic heterocycles. The number of esters is 1. The summed E-state index contributed by atoms with van der Waals surface area (Å²) in [4.78, 5) is 66.7. The fraction of sp³-hybridized carbons (Fsp3) is 0.581. The standard InChI is InChI=1S/C31H44N4O7/c1-5-41-29(39)25(33-28(38)23-10-7-6-8-11-23)20-32-27(37)24-12-9-17-35(21-24)26(36)14-13-22-15-18-34(19-16-22)30(40)42-31(2,3)4/h6-8,10-11,13-14,22,24-25H,5,9,12,15-21H2,1-4H3,(H,32,37)(H,33,38)/b14-13+/t24-,25?/m1/s1. The largest absolute Gasteiger partial charge is 0.464 e. The summed E-state index contributed by atoms with van der Waals surface area (Å²) in [6.45, 7) is 9.18. The molecule has 1 aromatic carbocycles. The molecule has 2 N–H and O–H groups in total. The summed E-state index contributed by atoms with van der Waals surface area (Å²) < 4.78 is 10.5. The number of rotatable bonds is 9. The Hall–Kier alpha value is -3.89. The number of hydrogen-bond donors (Lipinski definition) is 2. The second-order valence-electron chi connectivity index (χ2n) is 11.7. The maximum Gasteiger partial charge on any atom is 0.410 e. The van der Waals surface area contributed by atoms with Gasteiger partial charge in [0.15, 0.2) is 0 Å². The van der Waals surface area contributed by atoms with Crippen LogP contribution in [0, 0.1) is 11.8 Å². The van der Waals surface area contributed by atoms with Crippen LogP contribution in [0.1, 0.15) is 63.7 Å². The lowest BCUT2D eigenvalue weighted by Gasteiger charge is -2.33. The summed E-state index contributed by atoms with van der Waals surface area (Å²) in [5.41, 5.74) is -0.147. The van der Waals surface area contributed by atoms with Crippen molar-refractivity contribution in [1.82, 2.24) is 20.4 Å². The lowest BCUT2D eigenvalue weighted by atomic mass is 9.95. The van der Waals surface area contributed by atoms with Crippen LogP contribution in [-0.2, 0) is 23.9 Å². The van der Waals surface area contributed by atoms with Gasteiger partial charge in [0, 0.05) is 38.3 Å². The van der Waals surface area contributed by atoms with Crippen molar-refractivity contribution in [3.05, 3.63) is 48.0 Å². The van der Waals surface area contributed by atoms with E-state index in [1.165, 1.54) is 0 Å². The van der Waals surface area contributed by atoms with Gasteiger partial charge >= 0.3 is 12.1 Å². The summed E-state index contributed by atoms with van der Waals surface area (Å²) in [6, 6.07) is 7.43. The molecule has 2 fully saturated rings. The van der Waals surface area contributed by atoms with Crippen molar-refractivity contribution in [2.24, 2.45) is 11.8 Å². The quantitative estimate of drug-likeness (QED) is 0.337. The predicted molar refractivity (Wildman–Crippen MR) is 156 cm³/mol. The van der Waals surface area contributed by atoms with Crippen LogP contribution in [0.15, 0.2) is 42.5 Å². The molecule has 11 nitrogen and oxygen atoms in total. The Morgan fingerprint density at radius 3 is 2.33 bits per heavy atom. The van der Waals surface area contributed by atoms with Gasteiger partial charge in [0.25, 0.3) is 5.91 Å². The predicted octanol–water partition coefficient (Wildman–Crippen LogP) is 2.91. The van der Waals surface area contributed by atoms with Gasteiger partial charge in [0.2, 0.25) is 11.8 Å². The molecular weight excluding hydrogens is 540 g/mol. The lowest BCUT2D eigenvalue weighted by molar-refractivity contribution is -0.145. The van der Waals surface area contributed by atoms with Crippen LogP contribution in [0.4, 0.5) is 4.79 Å². The minimum atomic E-state index is -1.05. The van der Waals surface area contributed by atoms with Gasteiger partial charge in [-0.1, -0.05) is 24.3 Å². The summed E-state index contributed by atoms with van der Waals surface area (Å²) in [5.74, 6) is -1.76. The monoisotopic (exact) mass is 584 g/mol. The Kier molecular flexibility index (Phi) is 11.9. The number of hydrogen-bond acceptors (Lipinski definition) is 7. The molecule has 0 aliphatic carbocycles. The molecule has 11 heteroatoms. The number of carbonyl (C=O) groups excluding carboxylic acids is 5. The van der Waals surface area contributed by atoms with Crippen molar-refractivity contribution < 1.29 is 33.4 Å². The Morgan fingerprint density at radius 1 is 1.00 bits per heavy atom. The van der Waals surface area contributed by atoms with Gasteiger partial charge < -0.3 is 29.9 Å². The van der Waals surface area contributed by atoms with Crippen LogP contribution in [0.3, 0.4) is 0 Å². The first-order valence-electron chi connectivity index (χ1n) is 14.7. The maximum atomic E-state index is 13.0. The van der Waals surface area contributed by atoms with E-state index in [4.69, 9.17) is 9.47 Å². The zero-order valence-corrected chi connectivity index (χ0v) is 25.1. The summed E-state index contributed by atoms with van der Waals surface area (Å²) in [7, 11) is 0. The molecule has 0 bridgehead atoms. The normalized spacial score (nSPS) is 18.7. The number of carbonyl (C=O) groups is 5. The summed E-state index contributed by atoms with van der Waals surface area (Å²) in [6.07, 6.45) is 5.95. The molecule has 2 saturated heterocycles. The SMILES string of the molecule is CCOC(=O)C(CNC(=O)[C@@H]1CCCN(C(=O)/C=C/C2CCN(C(=O)OC(C)(C)C)CC2)C1)NC(=O)c1ccccc1. The van der Waals surface area contributed by atoms with Crippen molar-refractivity contribution in [2.45, 2.75) is 65.0 Å². The van der Waals surface area contributed by atoms with E-state index < -0.39 is 29.4 Å². The van der Waals surface area contributed by atoms with Gasteiger partial charge in [0.1, 0.15) is 11.6 Å². The maximum absolute atomic E-state index is 13.0. The van der Waals surface area contributed by atoms with Crippen LogP contribution < -0.4 is 10.6 Å². The zero-order valence-electron chi connectivity index (χ0n) is 25.1. The van der Waals surface area contributed by atoms with Gasteiger partial charge in [-0.2, -0.15) is 0 Å². The summed E-state index contributed by atoms with van der Waals surface area (Å²) >= 11 is 0. The van der Waals surface area contributed by atoms with Crippen molar-refractivity contribution in [3.8, 4) is 0 Å². The molecule has 230 valence electrons. The fourth-order valence-electron chi connectivity index (χ4n) is 4.93. The average Bonchev–Trinajstić information content (AvgIpc) is 2.97. The molecule has 2 aliphatic heterocycles. The molecule has 1 aromatic rings. The highest BCUT2D eigenvalue weighted by Crippen LogP contribution is 2.22. The molecule has 0 spiro atoms. The average molecular weight is 585 g/mol. The van der Waals surface area contributed by atoms with Gasteiger partial charge in [-0.15, -0.1) is 0 Å². The van der Waals surface area contributed by atoms with Crippen LogP contribution in [0.5, 0.6) is 0 Å². The molecular formula is C31H44N4O7. The number of ether oxygens (including phenoxy) is 2. The van der Waals surface area contributed by atoms with E-state index in [-0.39, 0.29) is 43.5 Å². The smallest absolute Gasteiger partial charge is 0.410 e. The number of nitrogens with one attached hydrogen (secondary N) is 2. The first-order chi connectivity index (χ1) is 20.0. The van der Waals surface area contributed by atoms with Crippen LogP contribution in [0.2, 0.25) is 0 Å². The Bertz CT molecular complexity index is 1120. The number of allylic oxidation sites excluding steroid dienone is 1. The van der Waals surface area contributed by atoms with Crippen molar-refractivity contribution in [3.63, 3.8) is 0 Å². The number of amides is 4. The lowest BCUT2D eigenvalue weighted by Crippen LogP contribution is -2.51. The van der Waals surface area contributed by atoms with E-state index in [9.17, 15) is 24.0 Å². The van der Waals surface area contributed by atoms with E-state index in [0.717, 1.165) is 12.8 Å². The molecule has 1 unspecified atom stereocenters. The molecule has 42 heavy (non-hydrogen) atoms. The van der Waals surface area contributed by atoms with Gasteiger partial charge in [0.05, 0.1) is 12.5 Å². The minimum Gasteiger partial charge on any atom is -0.464 e. The molecule has 4 amide bonds. The van der Waals surface area contributed by atoms with Crippen molar-refractivity contribution in [1.29, 1.82) is 0 Å². The Labute approximate surface area is 248 Å². The van der Waals surface area contributed by atoms with Crippen LogP contribution in [0.25, 0.3) is 0 Å². The molecule has 2 aliphatic rings. The molecule has 3 rings (SSSR count). The van der Waals surface area contributed by atoms with Crippen molar-refractivity contribution in [2.75, 3.05) is 39.3 Å². The van der Waals surface area contributed by atoms with Gasteiger partial charge in [-0.25, -0.2) is 9.59 Å². The number of nitrogens with zero attached hydrogens (tertiary/aromatic N) is 2. The van der Waals surface area contributed by atoms with E-state index in [0.29, 0.717) is 38.0 Å². The van der Waals surface area contributed by atoms with E-state index >= 15 is 0 Å². The van der Waals surface area contributed by atoms with Crippen LogP contribution >= 0.6 is 0 Å². The van der Waals surface area contributed by atoms with Crippen LogP contribution in [-0.4, -0.2) is 90.6 Å². The fourth-order valence-corrected chi connectivity index (χ4v) is 4.93. The first kappa shape index (κ1) is 32.6. The third-order valence-corrected chi connectivity index (χ3v) is 7.20. The summed E-state index contributed by atoms with van der Waals surface area (Å²) in [5, 5.41) is 5.41. The first-order valence-corrected chi connectivity index (χ1v) is 14.7. The molecule has 0 saturated carbocycles. The molecule has 0 radical (unpaired) electrons. The van der Waals surface area contributed by atoms with E-state index in [2.05, 4.69) is 10.6 Å². The number of likely N-dealkylation sites (tertiary alicyclic amines) is 2. The second-order valence-corrected chi connectivity index (χ2v) is 11.7. The zero-order chi connectivity index (χ0) is 30.7. The number of piperidine rings is 2. The third-order valence-electron chi connectivity index (χ3n) is 7.20. The topological polar surface area (TPSA) is 134 Å². The second kappa shape index (κ2) is 15.4. The Balaban J connectivity index is 1.48. The molecule has 2 atom stereocenters. The third kappa shape index (κ3) is 10.2. The van der Waals surface area contributed by atoms with Gasteiger partial charge in [-0.05, 0) is 77.5 Å². The molecule has 2 heterocycles. The Morgan fingerprint density at radius 2 is 1.69 bits per heavy atom. The minimum absolute atomic E-state index is 0.122. The van der Waals surface area contributed by atoms with E-state index in [1.54, 1.807) is 53.1 Å². The highest BCUT2D eigenvalue weighted by molar-refractivity contribution is 5.97. The van der Waals surface area contributed by atoms with Gasteiger partial charge in [-0.3, -0.25) is 14.4 Å². The van der Waals surface area contributed by atoms with Crippen molar-refractivity contribution >= 4 is 29.8 Å². The highest BCUT2D eigenvalue weighted by Gasteiger charge is 2.30. The van der Waals surface area contributed by atoms with E-state index in [1.807, 2.05) is 26.8 Å². The highest BCUT2D eigenvalue weighted by atomic mass is 16.6. The number of benzene rings is 1.